The van der Waals surface area contributed by atoms with E-state index in [0.717, 1.165) is 17.7 Å². The fourth-order valence-corrected chi connectivity index (χ4v) is 2.44. The second-order valence-corrected chi connectivity index (χ2v) is 6.47. The van der Waals surface area contributed by atoms with E-state index in [0.29, 0.717) is 0 Å². The van der Waals surface area contributed by atoms with E-state index >= 15 is 0 Å². The summed E-state index contributed by atoms with van der Waals surface area (Å²) in [5.41, 5.74) is 1.82. The van der Waals surface area contributed by atoms with E-state index in [1.54, 1.807) is 13.3 Å². The lowest BCUT2D eigenvalue weighted by molar-refractivity contribution is 0.583. The molecule has 12 heavy (non-hydrogen) atoms. The summed E-state index contributed by atoms with van der Waals surface area (Å²) in [5, 5.41) is 4.24. The summed E-state index contributed by atoms with van der Waals surface area (Å²) in [5.74, 6) is 0. The van der Waals surface area contributed by atoms with E-state index in [1.807, 2.05) is 24.6 Å². The average molecular weight is 186 g/mol. The van der Waals surface area contributed by atoms with E-state index in [2.05, 4.69) is 5.10 Å². The van der Waals surface area contributed by atoms with Crippen molar-refractivity contribution in [1.29, 1.82) is 0 Å². The van der Waals surface area contributed by atoms with Gasteiger partial charge in [0.05, 0.1) is 11.1 Å². The zero-order chi connectivity index (χ0) is 9.35. The highest BCUT2D eigenvalue weighted by Gasteiger charge is 2.16. The first-order valence-electron chi connectivity index (χ1n) is 4.05. The highest BCUT2D eigenvalue weighted by molar-refractivity contribution is 7.69. The molecule has 1 aromatic heterocycles. The van der Waals surface area contributed by atoms with Crippen LogP contribution >= 0.6 is 7.14 Å². The Balaban J connectivity index is 3.23. The minimum Gasteiger partial charge on any atom is -0.318 e. The smallest absolute Gasteiger partial charge is 0.126 e. The third kappa shape index (κ3) is 1.78. The number of hydrogen-bond acceptors (Lipinski definition) is 2. The highest BCUT2D eigenvalue weighted by Crippen LogP contribution is 2.34. The van der Waals surface area contributed by atoms with Gasteiger partial charge in [0.2, 0.25) is 0 Å². The molecule has 3 nitrogen and oxygen atoms in total. The van der Waals surface area contributed by atoms with Crippen LogP contribution in [0.4, 0.5) is 0 Å². The Labute approximate surface area is 73.2 Å². The largest absolute Gasteiger partial charge is 0.318 e. The van der Waals surface area contributed by atoms with Crippen molar-refractivity contribution < 1.29 is 4.57 Å². The molecular formula is C8H15N2OP. The molecule has 1 rings (SSSR count). The number of aromatic nitrogens is 2. The van der Waals surface area contributed by atoms with E-state index in [1.165, 1.54) is 0 Å². The van der Waals surface area contributed by atoms with Crippen molar-refractivity contribution in [3.63, 3.8) is 0 Å². The van der Waals surface area contributed by atoms with Crippen molar-refractivity contribution in [2.24, 2.45) is 0 Å². The predicted molar refractivity (Wildman–Crippen MR) is 51.7 cm³/mol. The Morgan fingerprint density at radius 2 is 2.17 bits per heavy atom. The molecule has 0 aliphatic carbocycles. The second-order valence-electron chi connectivity index (χ2n) is 3.31. The molecule has 0 atom stereocenters. The minimum absolute atomic E-state index is 0.787. The summed E-state index contributed by atoms with van der Waals surface area (Å²) in [4.78, 5) is 0. The van der Waals surface area contributed by atoms with Crippen LogP contribution in [0.1, 0.15) is 12.6 Å². The van der Waals surface area contributed by atoms with E-state index in [4.69, 9.17) is 0 Å². The molecule has 0 bridgehead atoms. The molecule has 0 unspecified atom stereocenters. The molecule has 0 N–H and O–H groups in total. The van der Waals surface area contributed by atoms with Crippen molar-refractivity contribution in [3.8, 4) is 0 Å². The number of aryl methyl sites for hydroxylation is 2. The van der Waals surface area contributed by atoms with Crippen LogP contribution in [0, 0.1) is 6.92 Å². The molecule has 0 saturated heterocycles. The van der Waals surface area contributed by atoms with Crippen LogP contribution in [0.2, 0.25) is 0 Å². The molecule has 1 heterocycles. The highest BCUT2D eigenvalue weighted by atomic mass is 31.2. The maximum Gasteiger partial charge on any atom is 0.126 e. The van der Waals surface area contributed by atoms with Gasteiger partial charge in [0.15, 0.2) is 0 Å². The monoisotopic (exact) mass is 186 g/mol. The minimum atomic E-state index is -2.15. The molecule has 0 aromatic carbocycles. The van der Waals surface area contributed by atoms with E-state index < -0.39 is 7.14 Å². The third-order valence-corrected chi connectivity index (χ3v) is 3.20. The van der Waals surface area contributed by atoms with Crippen molar-refractivity contribution in [2.75, 3.05) is 13.3 Å². The van der Waals surface area contributed by atoms with Crippen LogP contribution in [0.15, 0.2) is 6.07 Å². The topological polar surface area (TPSA) is 34.9 Å². The summed E-state index contributed by atoms with van der Waals surface area (Å²) in [6.45, 7) is 8.26. The average Bonchev–Trinajstić information content (AvgIpc) is 2.29. The molecular weight excluding hydrogens is 171 g/mol. The molecule has 68 valence electrons. The van der Waals surface area contributed by atoms with Crippen molar-refractivity contribution >= 4 is 12.6 Å². The Hall–Kier alpha value is -0.560. The van der Waals surface area contributed by atoms with Gasteiger partial charge in [0, 0.05) is 6.54 Å². The Bertz CT molecular complexity index is 324. The quantitative estimate of drug-likeness (QED) is 0.655. The van der Waals surface area contributed by atoms with Gasteiger partial charge >= 0.3 is 0 Å². The van der Waals surface area contributed by atoms with Crippen LogP contribution in [0.25, 0.3) is 0 Å². The summed E-state index contributed by atoms with van der Waals surface area (Å²) in [7, 11) is -2.15. The maximum absolute atomic E-state index is 11.7. The standard InChI is InChI=1S/C8H15N2OP/c1-5-10-8(12(3,4)11)6-7(2)9-10/h6H,5H2,1-4H3. The fourth-order valence-electron chi connectivity index (χ4n) is 1.20. The lowest BCUT2D eigenvalue weighted by Crippen LogP contribution is -2.16. The third-order valence-electron chi connectivity index (χ3n) is 1.73. The van der Waals surface area contributed by atoms with Gasteiger partial charge in [0.1, 0.15) is 7.14 Å². The lowest BCUT2D eigenvalue weighted by atomic mass is 10.5. The summed E-state index contributed by atoms with van der Waals surface area (Å²) >= 11 is 0. The molecule has 1 aromatic rings. The van der Waals surface area contributed by atoms with Gasteiger partial charge in [-0.1, -0.05) is 0 Å². The van der Waals surface area contributed by atoms with Gasteiger partial charge in [-0.05, 0) is 33.2 Å². The van der Waals surface area contributed by atoms with Crippen LogP contribution in [0.3, 0.4) is 0 Å². The van der Waals surface area contributed by atoms with Gasteiger partial charge in [-0.3, -0.25) is 4.68 Å². The van der Waals surface area contributed by atoms with Crippen LogP contribution in [-0.4, -0.2) is 23.1 Å². The van der Waals surface area contributed by atoms with Crippen LogP contribution < -0.4 is 5.44 Å². The molecule has 0 radical (unpaired) electrons. The first kappa shape index (κ1) is 9.53. The first-order valence-corrected chi connectivity index (χ1v) is 6.65. The molecule has 0 amide bonds. The van der Waals surface area contributed by atoms with E-state index in [9.17, 15) is 4.57 Å². The molecule has 0 spiro atoms. The second kappa shape index (κ2) is 3.06. The number of rotatable bonds is 2. The zero-order valence-corrected chi connectivity index (χ0v) is 8.93. The molecule has 4 heteroatoms. The van der Waals surface area contributed by atoms with Gasteiger partial charge in [0.25, 0.3) is 0 Å². The predicted octanol–water partition coefficient (Wildman–Crippen LogP) is 1.46. The van der Waals surface area contributed by atoms with Crippen molar-refractivity contribution in [2.45, 2.75) is 20.4 Å². The molecule has 0 aliphatic heterocycles. The normalized spacial score (nSPS) is 12.0. The molecule has 0 fully saturated rings. The fraction of sp³-hybridized carbons (Fsp3) is 0.625. The van der Waals surface area contributed by atoms with Crippen LogP contribution in [0.5, 0.6) is 0 Å². The van der Waals surface area contributed by atoms with Crippen molar-refractivity contribution in [3.05, 3.63) is 11.8 Å². The summed E-state index contributed by atoms with van der Waals surface area (Å²) in [6, 6.07) is 1.91. The number of nitrogens with zero attached hydrogens (tertiary/aromatic N) is 2. The van der Waals surface area contributed by atoms with Crippen LogP contribution in [-0.2, 0) is 11.1 Å². The number of hydrogen-bond donors (Lipinski definition) is 0. The first-order chi connectivity index (χ1) is 5.45. The van der Waals surface area contributed by atoms with Gasteiger partial charge in [-0.15, -0.1) is 0 Å². The summed E-state index contributed by atoms with van der Waals surface area (Å²) in [6.07, 6.45) is 0. The Morgan fingerprint density at radius 1 is 1.58 bits per heavy atom. The Morgan fingerprint density at radius 3 is 2.50 bits per heavy atom. The molecule has 0 aliphatic rings. The molecule has 0 saturated carbocycles. The van der Waals surface area contributed by atoms with Gasteiger partial charge < -0.3 is 4.57 Å². The van der Waals surface area contributed by atoms with Gasteiger partial charge in [-0.25, -0.2) is 0 Å². The van der Waals surface area contributed by atoms with Crippen molar-refractivity contribution in [1.82, 2.24) is 9.78 Å². The Kier molecular flexibility index (Phi) is 2.43. The lowest BCUT2D eigenvalue weighted by Gasteiger charge is -2.07. The van der Waals surface area contributed by atoms with Gasteiger partial charge in [-0.2, -0.15) is 5.10 Å². The summed E-state index contributed by atoms with van der Waals surface area (Å²) < 4.78 is 13.6. The zero-order valence-electron chi connectivity index (χ0n) is 8.03. The SMILES string of the molecule is CCn1nc(C)cc1P(C)(C)=O. The maximum atomic E-state index is 11.7. The van der Waals surface area contributed by atoms with E-state index in [-0.39, 0.29) is 0 Å².